The van der Waals surface area contributed by atoms with Gasteiger partial charge in [-0.25, -0.2) is 0 Å². The van der Waals surface area contributed by atoms with E-state index in [0.717, 1.165) is 17.8 Å². The molecule has 1 aliphatic rings. The summed E-state index contributed by atoms with van der Waals surface area (Å²) in [6.07, 6.45) is -4.39. The third-order valence-electron chi connectivity index (χ3n) is 3.56. The average molecular weight is 364 g/mol. The number of nitrogens with zero attached hydrogens (tertiary/aromatic N) is 2. The van der Waals surface area contributed by atoms with E-state index in [1.54, 1.807) is 11.0 Å². The Morgan fingerprint density at radius 2 is 1.76 bits per heavy atom. The lowest BCUT2D eigenvalue weighted by Crippen LogP contribution is -2.40. The molecule has 2 aromatic carbocycles. The highest BCUT2D eigenvalue weighted by molar-refractivity contribution is 7.80. The third-order valence-corrected chi connectivity index (χ3v) is 3.88. The third kappa shape index (κ3) is 4.27. The molecule has 0 aromatic heterocycles. The fraction of sp³-hybridized carbons (Fsp3) is 0.176. The number of guanidine groups is 1. The summed E-state index contributed by atoms with van der Waals surface area (Å²) in [4.78, 5) is 6.08. The number of para-hydroxylation sites is 1. The van der Waals surface area contributed by atoms with E-state index in [1.165, 1.54) is 6.07 Å². The normalized spacial score (nSPS) is 14.2. The maximum atomic E-state index is 12.8. The molecule has 0 atom stereocenters. The quantitative estimate of drug-likeness (QED) is 0.784. The summed E-state index contributed by atoms with van der Waals surface area (Å²) in [7, 11) is 0. The smallest absolute Gasteiger partial charge is 0.332 e. The topological polar surface area (TPSA) is 39.7 Å². The van der Waals surface area contributed by atoms with Crippen molar-refractivity contribution in [2.45, 2.75) is 6.18 Å². The zero-order valence-corrected chi connectivity index (χ0v) is 13.9. The molecule has 0 amide bonds. The van der Waals surface area contributed by atoms with Gasteiger partial charge in [-0.1, -0.05) is 24.3 Å². The zero-order chi connectivity index (χ0) is 17.9. The molecule has 0 saturated heterocycles. The van der Waals surface area contributed by atoms with Gasteiger partial charge < -0.3 is 10.6 Å². The highest BCUT2D eigenvalue weighted by Gasteiger charge is 2.30. The van der Waals surface area contributed by atoms with Crippen LogP contribution in [0, 0.1) is 0 Å². The van der Waals surface area contributed by atoms with Crippen LogP contribution in [0.15, 0.2) is 59.6 Å². The van der Waals surface area contributed by atoms with Gasteiger partial charge in [0.2, 0.25) is 5.96 Å². The molecule has 3 rings (SSSR count). The number of thiocarbonyl (C=S) groups is 1. The minimum absolute atomic E-state index is 0.283. The molecule has 0 unspecified atom stereocenters. The summed E-state index contributed by atoms with van der Waals surface area (Å²) in [5.74, 6) is 0.565. The lowest BCUT2D eigenvalue weighted by molar-refractivity contribution is -0.137. The molecule has 0 aliphatic carbocycles. The van der Waals surface area contributed by atoms with E-state index in [9.17, 15) is 13.2 Å². The fourth-order valence-electron chi connectivity index (χ4n) is 2.37. The number of rotatable bonds is 2. The van der Waals surface area contributed by atoms with Crippen molar-refractivity contribution in [2.75, 3.05) is 23.7 Å². The van der Waals surface area contributed by atoms with Crippen molar-refractivity contribution in [2.24, 2.45) is 4.99 Å². The van der Waals surface area contributed by atoms with Gasteiger partial charge in [0.1, 0.15) is 0 Å². The molecule has 2 aromatic rings. The maximum absolute atomic E-state index is 12.8. The standard InChI is InChI=1S/C17H15F3N4S/c18-17(19,20)12-5-4-8-14(11-12)23-16(25)24-10-9-21-15(24)22-13-6-2-1-3-7-13/h1-8,11H,9-10H2,(H,21,22)(H,23,25). The van der Waals surface area contributed by atoms with E-state index < -0.39 is 11.7 Å². The van der Waals surface area contributed by atoms with Crippen LogP contribution in [0.5, 0.6) is 0 Å². The molecule has 130 valence electrons. The van der Waals surface area contributed by atoms with Crippen molar-refractivity contribution in [3.8, 4) is 0 Å². The Morgan fingerprint density at radius 3 is 2.48 bits per heavy atom. The monoisotopic (exact) mass is 364 g/mol. The van der Waals surface area contributed by atoms with E-state index in [4.69, 9.17) is 12.2 Å². The van der Waals surface area contributed by atoms with Crippen LogP contribution in [0.1, 0.15) is 5.56 Å². The van der Waals surface area contributed by atoms with Crippen molar-refractivity contribution in [3.63, 3.8) is 0 Å². The predicted octanol–water partition coefficient (Wildman–Crippen LogP) is 4.19. The molecule has 0 spiro atoms. The first kappa shape index (κ1) is 17.2. The Labute approximate surface area is 148 Å². The van der Waals surface area contributed by atoms with Crippen LogP contribution in [0.3, 0.4) is 0 Å². The summed E-state index contributed by atoms with van der Waals surface area (Å²) >= 11 is 5.34. The largest absolute Gasteiger partial charge is 0.416 e. The number of halogens is 3. The van der Waals surface area contributed by atoms with Crippen LogP contribution < -0.4 is 10.6 Å². The maximum Gasteiger partial charge on any atom is 0.416 e. The average Bonchev–Trinajstić information content (AvgIpc) is 3.03. The Morgan fingerprint density at radius 1 is 1.04 bits per heavy atom. The van der Waals surface area contributed by atoms with Crippen LogP contribution in [0.4, 0.5) is 24.5 Å². The zero-order valence-electron chi connectivity index (χ0n) is 13.0. The van der Waals surface area contributed by atoms with E-state index in [-0.39, 0.29) is 5.69 Å². The second-order valence-corrected chi connectivity index (χ2v) is 5.74. The van der Waals surface area contributed by atoms with Crippen molar-refractivity contribution >= 4 is 34.7 Å². The van der Waals surface area contributed by atoms with Crippen LogP contribution in [0.2, 0.25) is 0 Å². The minimum Gasteiger partial charge on any atom is -0.332 e. The van der Waals surface area contributed by atoms with Gasteiger partial charge in [0.05, 0.1) is 12.1 Å². The Hall–Kier alpha value is -2.61. The summed E-state index contributed by atoms with van der Waals surface area (Å²) < 4.78 is 38.4. The molecule has 8 heteroatoms. The minimum atomic E-state index is -4.39. The van der Waals surface area contributed by atoms with Gasteiger partial charge in [0, 0.05) is 17.9 Å². The summed E-state index contributed by atoms with van der Waals surface area (Å²) in [6.45, 7) is 1.11. The number of aliphatic imine (C=N–C) groups is 1. The van der Waals surface area contributed by atoms with Gasteiger partial charge in [0.25, 0.3) is 0 Å². The summed E-state index contributed by atoms with van der Waals surface area (Å²) in [5, 5.41) is 6.30. The molecule has 0 bridgehead atoms. The van der Waals surface area contributed by atoms with Gasteiger partial charge >= 0.3 is 6.18 Å². The molecule has 0 saturated carbocycles. The number of hydrogen-bond acceptors (Lipinski definition) is 3. The number of alkyl halides is 3. The predicted molar refractivity (Wildman–Crippen MR) is 96.7 cm³/mol. The van der Waals surface area contributed by atoms with Crippen LogP contribution in [-0.4, -0.2) is 29.1 Å². The summed E-state index contributed by atoms with van der Waals surface area (Å²) in [5.41, 5.74) is 0.416. The lowest BCUT2D eigenvalue weighted by Gasteiger charge is -2.23. The van der Waals surface area contributed by atoms with Crippen LogP contribution in [0.25, 0.3) is 0 Å². The fourth-order valence-corrected chi connectivity index (χ4v) is 2.66. The number of hydrogen-bond donors (Lipinski definition) is 2. The molecular weight excluding hydrogens is 349 g/mol. The highest BCUT2D eigenvalue weighted by atomic mass is 32.1. The van der Waals surface area contributed by atoms with E-state index in [2.05, 4.69) is 15.6 Å². The van der Waals surface area contributed by atoms with Gasteiger partial charge in [-0.3, -0.25) is 9.89 Å². The first-order valence-electron chi connectivity index (χ1n) is 7.56. The Balaban J connectivity index is 1.70. The summed E-state index contributed by atoms with van der Waals surface area (Å²) in [6, 6.07) is 14.4. The molecular formula is C17H15F3N4S. The van der Waals surface area contributed by atoms with Crippen molar-refractivity contribution in [3.05, 3.63) is 60.2 Å². The van der Waals surface area contributed by atoms with Crippen LogP contribution >= 0.6 is 12.2 Å². The Bertz CT molecular complexity index is 790. The first-order chi connectivity index (χ1) is 11.9. The second-order valence-electron chi connectivity index (χ2n) is 5.36. The van der Waals surface area contributed by atoms with E-state index in [0.29, 0.717) is 24.2 Å². The molecule has 2 N–H and O–H groups in total. The van der Waals surface area contributed by atoms with Crippen molar-refractivity contribution < 1.29 is 13.2 Å². The molecule has 1 aliphatic heterocycles. The number of benzene rings is 2. The highest BCUT2D eigenvalue weighted by Crippen LogP contribution is 2.30. The molecule has 25 heavy (non-hydrogen) atoms. The number of anilines is 2. The van der Waals surface area contributed by atoms with Gasteiger partial charge in [-0.2, -0.15) is 13.2 Å². The van der Waals surface area contributed by atoms with E-state index in [1.807, 2.05) is 30.3 Å². The van der Waals surface area contributed by atoms with Crippen molar-refractivity contribution in [1.82, 2.24) is 4.90 Å². The van der Waals surface area contributed by atoms with E-state index >= 15 is 0 Å². The SMILES string of the molecule is FC(F)(F)c1cccc(NC(=S)N2CCN=C2Nc2ccccc2)c1. The molecule has 4 nitrogen and oxygen atoms in total. The first-order valence-corrected chi connectivity index (χ1v) is 7.96. The molecule has 1 heterocycles. The van der Waals surface area contributed by atoms with Crippen molar-refractivity contribution in [1.29, 1.82) is 0 Å². The van der Waals surface area contributed by atoms with Gasteiger partial charge in [0.15, 0.2) is 5.11 Å². The molecule has 0 fully saturated rings. The van der Waals surface area contributed by atoms with Gasteiger partial charge in [-0.15, -0.1) is 0 Å². The second kappa shape index (κ2) is 7.10. The number of nitrogens with one attached hydrogen (secondary N) is 2. The van der Waals surface area contributed by atoms with Crippen LogP contribution in [-0.2, 0) is 6.18 Å². The van der Waals surface area contributed by atoms with Gasteiger partial charge in [-0.05, 0) is 42.5 Å². The Kier molecular flexibility index (Phi) is 4.89. The molecule has 0 radical (unpaired) electrons. The lowest BCUT2D eigenvalue weighted by atomic mass is 10.2.